The number of hydrogen-bond acceptors (Lipinski definition) is 2. The number of amides is 2. The molecule has 2 amide bonds. The Kier molecular flexibility index (Phi) is 6.34. The van der Waals surface area contributed by atoms with Gasteiger partial charge in [-0.2, -0.15) is 0 Å². The normalized spacial score (nSPS) is 13.2. The highest BCUT2D eigenvalue weighted by atomic mass is 16.2. The molecule has 25 heavy (non-hydrogen) atoms. The number of carbonyl (C=O) groups is 2. The van der Waals surface area contributed by atoms with Crippen LogP contribution >= 0.6 is 0 Å². The number of rotatable bonds is 5. The van der Waals surface area contributed by atoms with Gasteiger partial charge in [-0.25, -0.2) is 0 Å². The fraction of sp³-hybridized carbons (Fsp3) is 0.333. The van der Waals surface area contributed by atoms with E-state index in [4.69, 9.17) is 0 Å². The summed E-state index contributed by atoms with van der Waals surface area (Å²) in [5.74, 6) is -0.929. The van der Waals surface area contributed by atoms with Gasteiger partial charge in [0.15, 0.2) is 0 Å². The van der Waals surface area contributed by atoms with E-state index in [9.17, 15) is 9.59 Å². The van der Waals surface area contributed by atoms with Gasteiger partial charge in [0.25, 0.3) is 0 Å². The van der Waals surface area contributed by atoms with Crippen LogP contribution in [0.3, 0.4) is 0 Å². The first-order valence-corrected chi connectivity index (χ1v) is 8.59. The second-order valence-electron chi connectivity index (χ2n) is 6.61. The molecule has 2 rings (SSSR count). The minimum absolute atomic E-state index is 0.173. The second-order valence-corrected chi connectivity index (χ2v) is 6.61. The maximum Gasteiger partial charge on any atom is 0.312 e. The quantitative estimate of drug-likeness (QED) is 0.845. The van der Waals surface area contributed by atoms with E-state index >= 15 is 0 Å². The molecule has 0 bridgehead atoms. The van der Waals surface area contributed by atoms with E-state index in [0.717, 1.165) is 11.1 Å². The Bertz CT molecular complexity index is 698. The van der Waals surface area contributed by atoms with Gasteiger partial charge in [0.05, 0.1) is 12.1 Å². The van der Waals surface area contributed by atoms with Crippen molar-refractivity contribution in [2.45, 2.75) is 32.9 Å². The minimum Gasteiger partial charge on any atom is -0.341 e. The smallest absolute Gasteiger partial charge is 0.312 e. The van der Waals surface area contributed by atoms with Crippen LogP contribution in [0.25, 0.3) is 0 Å². The summed E-state index contributed by atoms with van der Waals surface area (Å²) in [6.07, 6.45) is 0. The van der Waals surface area contributed by atoms with Gasteiger partial charge in [-0.15, -0.1) is 0 Å². The van der Waals surface area contributed by atoms with E-state index in [0.29, 0.717) is 0 Å². The van der Waals surface area contributed by atoms with Gasteiger partial charge < -0.3 is 10.2 Å². The SMILES string of the molecule is CC(C)[C@H](NC(=O)C(=O)N(C)[C@H](C)c1ccccc1)c1ccccc1. The number of nitrogens with zero attached hydrogens (tertiary/aromatic N) is 1. The van der Waals surface area contributed by atoms with Gasteiger partial charge in [0.2, 0.25) is 0 Å². The lowest BCUT2D eigenvalue weighted by atomic mass is 9.96. The molecule has 0 radical (unpaired) electrons. The first-order chi connectivity index (χ1) is 11.9. The largest absolute Gasteiger partial charge is 0.341 e. The molecule has 132 valence electrons. The monoisotopic (exact) mass is 338 g/mol. The molecule has 0 heterocycles. The summed E-state index contributed by atoms with van der Waals surface area (Å²) in [5.41, 5.74) is 1.99. The van der Waals surface area contributed by atoms with Crippen molar-refractivity contribution in [2.75, 3.05) is 7.05 Å². The van der Waals surface area contributed by atoms with Crippen LogP contribution in [0.15, 0.2) is 60.7 Å². The Morgan fingerprint density at radius 3 is 1.80 bits per heavy atom. The van der Waals surface area contributed by atoms with Crippen LogP contribution < -0.4 is 5.32 Å². The number of likely N-dealkylation sites (N-methyl/N-ethyl adjacent to an activating group) is 1. The summed E-state index contributed by atoms with van der Waals surface area (Å²) in [4.78, 5) is 26.5. The maximum atomic E-state index is 12.6. The number of nitrogens with one attached hydrogen (secondary N) is 1. The summed E-state index contributed by atoms with van der Waals surface area (Å²) in [7, 11) is 1.66. The summed E-state index contributed by atoms with van der Waals surface area (Å²) in [5, 5.41) is 2.89. The Morgan fingerprint density at radius 2 is 1.32 bits per heavy atom. The van der Waals surface area contributed by atoms with Crippen molar-refractivity contribution in [3.8, 4) is 0 Å². The molecule has 2 atom stereocenters. The van der Waals surface area contributed by atoms with E-state index in [-0.39, 0.29) is 18.0 Å². The summed E-state index contributed by atoms with van der Waals surface area (Å²) in [6.45, 7) is 5.97. The molecular formula is C21H26N2O2. The zero-order valence-corrected chi connectivity index (χ0v) is 15.3. The summed E-state index contributed by atoms with van der Waals surface area (Å²) in [6, 6.07) is 19.0. The van der Waals surface area contributed by atoms with Crippen molar-refractivity contribution in [2.24, 2.45) is 5.92 Å². The highest BCUT2D eigenvalue weighted by Crippen LogP contribution is 2.22. The lowest BCUT2D eigenvalue weighted by Gasteiger charge is -2.27. The third-order valence-electron chi connectivity index (χ3n) is 4.49. The van der Waals surface area contributed by atoms with Gasteiger partial charge in [0.1, 0.15) is 0 Å². The first-order valence-electron chi connectivity index (χ1n) is 8.59. The van der Waals surface area contributed by atoms with E-state index in [2.05, 4.69) is 5.32 Å². The lowest BCUT2D eigenvalue weighted by Crippen LogP contribution is -2.44. The van der Waals surface area contributed by atoms with Gasteiger partial charge in [-0.3, -0.25) is 9.59 Å². The molecule has 0 unspecified atom stereocenters. The van der Waals surface area contributed by atoms with Crippen molar-refractivity contribution < 1.29 is 9.59 Å². The third kappa shape index (κ3) is 4.69. The highest BCUT2D eigenvalue weighted by molar-refractivity contribution is 6.35. The van der Waals surface area contributed by atoms with Crippen LogP contribution in [0.1, 0.15) is 44.0 Å². The van der Waals surface area contributed by atoms with Crippen molar-refractivity contribution in [1.82, 2.24) is 10.2 Å². The number of hydrogen-bond donors (Lipinski definition) is 1. The molecule has 0 saturated heterocycles. The van der Waals surface area contributed by atoms with E-state index in [1.165, 1.54) is 4.90 Å². The maximum absolute atomic E-state index is 12.6. The van der Waals surface area contributed by atoms with Gasteiger partial charge in [-0.05, 0) is 24.0 Å². The van der Waals surface area contributed by atoms with E-state index in [1.54, 1.807) is 7.05 Å². The molecule has 0 saturated carbocycles. The molecule has 0 aliphatic heterocycles. The molecule has 1 N–H and O–H groups in total. The third-order valence-corrected chi connectivity index (χ3v) is 4.49. The Morgan fingerprint density at radius 1 is 0.840 bits per heavy atom. The highest BCUT2D eigenvalue weighted by Gasteiger charge is 2.27. The average Bonchev–Trinajstić information content (AvgIpc) is 2.65. The van der Waals surface area contributed by atoms with Crippen LogP contribution in [-0.4, -0.2) is 23.8 Å². The van der Waals surface area contributed by atoms with Crippen LogP contribution in [0.5, 0.6) is 0 Å². The molecule has 0 spiro atoms. The fourth-order valence-electron chi connectivity index (χ4n) is 2.79. The molecule has 4 heteroatoms. The van der Waals surface area contributed by atoms with Crippen molar-refractivity contribution in [3.05, 3.63) is 71.8 Å². The lowest BCUT2D eigenvalue weighted by molar-refractivity contribution is -0.146. The van der Waals surface area contributed by atoms with Crippen LogP contribution in [0, 0.1) is 5.92 Å². The molecule has 2 aromatic carbocycles. The number of benzene rings is 2. The van der Waals surface area contributed by atoms with Crippen molar-refractivity contribution in [3.63, 3.8) is 0 Å². The Balaban J connectivity index is 2.09. The zero-order valence-electron chi connectivity index (χ0n) is 15.3. The number of carbonyl (C=O) groups excluding carboxylic acids is 2. The first kappa shape index (κ1) is 18.7. The van der Waals surface area contributed by atoms with E-state index in [1.807, 2.05) is 81.4 Å². The molecule has 0 aliphatic rings. The average molecular weight is 338 g/mol. The van der Waals surface area contributed by atoms with E-state index < -0.39 is 11.8 Å². The van der Waals surface area contributed by atoms with Gasteiger partial charge in [0, 0.05) is 7.05 Å². The molecule has 0 fully saturated rings. The Labute approximate surface area is 149 Å². The zero-order chi connectivity index (χ0) is 18.4. The molecule has 4 nitrogen and oxygen atoms in total. The van der Waals surface area contributed by atoms with Crippen LogP contribution in [-0.2, 0) is 9.59 Å². The van der Waals surface area contributed by atoms with Crippen LogP contribution in [0.2, 0.25) is 0 Å². The molecule has 2 aromatic rings. The second kappa shape index (κ2) is 8.47. The molecule has 0 aliphatic carbocycles. The van der Waals surface area contributed by atoms with Crippen molar-refractivity contribution in [1.29, 1.82) is 0 Å². The van der Waals surface area contributed by atoms with Crippen LogP contribution in [0.4, 0.5) is 0 Å². The minimum atomic E-state index is -0.576. The summed E-state index contributed by atoms with van der Waals surface area (Å²) < 4.78 is 0. The standard InChI is InChI=1S/C21H26N2O2/c1-15(2)19(18-13-9-6-10-14-18)22-20(24)21(25)23(4)16(3)17-11-7-5-8-12-17/h5-16,19H,1-4H3,(H,22,24)/t16-,19+/m1/s1. The van der Waals surface area contributed by atoms with Gasteiger partial charge in [-0.1, -0.05) is 74.5 Å². The van der Waals surface area contributed by atoms with Crippen molar-refractivity contribution >= 4 is 11.8 Å². The molecule has 0 aromatic heterocycles. The fourth-order valence-corrected chi connectivity index (χ4v) is 2.79. The topological polar surface area (TPSA) is 49.4 Å². The predicted molar refractivity (Wildman–Crippen MR) is 99.8 cm³/mol. The summed E-state index contributed by atoms with van der Waals surface area (Å²) >= 11 is 0. The molecular weight excluding hydrogens is 312 g/mol. The Hall–Kier alpha value is -2.62. The predicted octanol–water partition coefficient (Wildman–Crippen LogP) is 3.72. The van der Waals surface area contributed by atoms with Gasteiger partial charge >= 0.3 is 11.8 Å².